The molecule has 18 heavy (non-hydrogen) atoms. The Morgan fingerprint density at radius 3 is 2.89 bits per heavy atom. The average molecular weight is 253 g/mol. The van der Waals surface area contributed by atoms with Crippen LogP contribution >= 0.6 is 0 Å². The molecule has 2 N–H and O–H groups in total. The maximum absolute atomic E-state index is 6.24. The van der Waals surface area contributed by atoms with Crippen LogP contribution in [0.1, 0.15) is 25.7 Å². The largest absolute Gasteiger partial charge is 0.380 e. The third kappa shape index (κ3) is 1.99. The molecule has 0 radical (unpaired) electrons. The molecule has 0 saturated carbocycles. The van der Waals surface area contributed by atoms with Crippen LogP contribution in [-0.2, 0) is 4.74 Å². The number of methoxy groups -OCH3 is 1. The van der Waals surface area contributed by atoms with Gasteiger partial charge in [-0.3, -0.25) is 4.90 Å². The first-order valence-electron chi connectivity index (χ1n) is 7.49. The van der Waals surface area contributed by atoms with E-state index in [4.69, 9.17) is 10.5 Å². The van der Waals surface area contributed by atoms with Gasteiger partial charge in [-0.15, -0.1) is 0 Å². The predicted molar refractivity (Wildman–Crippen MR) is 72.6 cm³/mol. The molecule has 3 fully saturated rings. The quantitative estimate of drug-likeness (QED) is 0.796. The van der Waals surface area contributed by atoms with Crippen LogP contribution in [0.15, 0.2) is 0 Å². The maximum atomic E-state index is 6.24. The highest BCUT2D eigenvalue weighted by molar-refractivity contribution is 5.06. The van der Waals surface area contributed by atoms with Crippen molar-refractivity contribution in [2.75, 3.05) is 46.4 Å². The number of piperidine rings is 2. The van der Waals surface area contributed by atoms with Gasteiger partial charge in [0.25, 0.3) is 0 Å². The minimum absolute atomic E-state index is 0.268. The SMILES string of the molecule is COC1CCCN(C2(CN)CCN3CCC2C3)C1. The van der Waals surface area contributed by atoms with E-state index < -0.39 is 0 Å². The Hall–Kier alpha value is -0.160. The fraction of sp³-hybridized carbons (Fsp3) is 1.00. The maximum Gasteiger partial charge on any atom is 0.0698 e. The molecule has 3 rings (SSSR count). The lowest BCUT2D eigenvalue weighted by molar-refractivity contribution is -0.0528. The summed E-state index contributed by atoms with van der Waals surface area (Å²) in [5.74, 6) is 0.784. The van der Waals surface area contributed by atoms with Crippen molar-refractivity contribution in [3.05, 3.63) is 0 Å². The summed E-state index contributed by atoms with van der Waals surface area (Å²) in [5, 5.41) is 0. The van der Waals surface area contributed by atoms with Gasteiger partial charge in [-0.25, -0.2) is 0 Å². The molecule has 3 aliphatic rings. The molecule has 3 heterocycles. The van der Waals surface area contributed by atoms with Crippen LogP contribution in [0.3, 0.4) is 0 Å². The van der Waals surface area contributed by atoms with Gasteiger partial charge in [0.1, 0.15) is 0 Å². The monoisotopic (exact) mass is 253 g/mol. The summed E-state index contributed by atoms with van der Waals surface area (Å²) in [6.45, 7) is 6.92. The highest BCUT2D eigenvalue weighted by atomic mass is 16.5. The molecule has 4 atom stereocenters. The summed E-state index contributed by atoms with van der Waals surface area (Å²) in [5.41, 5.74) is 6.51. The van der Waals surface area contributed by atoms with E-state index in [9.17, 15) is 0 Å². The van der Waals surface area contributed by atoms with E-state index in [1.54, 1.807) is 0 Å². The van der Waals surface area contributed by atoms with Crippen molar-refractivity contribution in [3.8, 4) is 0 Å². The summed E-state index contributed by atoms with van der Waals surface area (Å²) >= 11 is 0. The zero-order valence-electron chi connectivity index (χ0n) is 11.6. The van der Waals surface area contributed by atoms with E-state index in [0.717, 1.165) is 19.0 Å². The van der Waals surface area contributed by atoms with Crippen molar-refractivity contribution < 1.29 is 4.74 Å². The Labute approximate surface area is 110 Å². The molecule has 0 aliphatic carbocycles. The Bertz CT molecular complexity index is 299. The molecule has 0 aromatic heterocycles. The number of rotatable bonds is 3. The van der Waals surface area contributed by atoms with Crippen LogP contribution in [0.5, 0.6) is 0 Å². The molecule has 0 aromatic rings. The summed E-state index contributed by atoms with van der Waals surface area (Å²) in [4.78, 5) is 5.29. The first-order valence-corrected chi connectivity index (χ1v) is 7.49. The first-order chi connectivity index (χ1) is 8.78. The minimum Gasteiger partial charge on any atom is -0.380 e. The number of likely N-dealkylation sites (tertiary alicyclic amines) is 1. The molecule has 3 aliphatic heterocycles. The predicted octanol–water partition coefficient (Wildman–Crippen LogP) is 0.520. The molecule has 0 amide bonds. The number of ether oxygens (including phenoxy) is 1. The molecule has 3 saturated heterocycles. The van der Waals surface area contributed by atoms with Crippen LogP contribution in [0.2, 0.25) is 0 Å². The lowest BCUT2D eigenvalue weighted by atomic mass is 9.76. The van der Waals surface area contributed by atoms with Crippen molar-refractivity contribution in [1.29, 1.82) is 0 Å². The molecule has 4 heteroatoms. The van der Waals surface area contributed by atoms with E-state index >= 15 is 0 Å². The van der Waals surface area contributed by atoms with Gasteiger partial charge in [0.15, 0.2) is 0 Å². The lowest BCUT2D eigenvalue weighted by Gasteiger charge is -2.52. The molecule has 0 spiro atoms. The van der Waals surface area contributed by atoms with E-state index in [1.165, 1.54) is 51.9 Å². The lowest BCUT2D eigenvalue weighted by Crippen LogP contribution is -2.64. The van der Waals surface area contributed by atoms with Crippen LogP contribution < -0.4 is 5.73 Å². The van der Waals surface area contributed by atoms with Gasteiger partial charge in [-0.2, -0.15) is 0 Å². The van der Waals surface area contributed by atoms with E-state index in [2.05, 4.69) is 9.80 Å². The van der Waals surface area contributed by atoms with E-state index in [-0.39, 0.29) is 5.54 Å². The van der Waals surface area contributed by atoms with Crippen LogP contribution in [0.4, 0.5) is 0 Å². The highest BCUT2D eigenvalue weighted by Gasteiger charge is 2.49. The topological polar surface area (TPSA) is 41.7 Å². The summed E-state index contributed by atoms with van der Waals surface area (Å²) in [6, 6.07) is 0. The minimum atomic E-state index is 0.268. The first kappa shape index (κ1) is 12.9. The smallest absolute Gasteiger partial charge is 0.0698 e. The van der Waals surface area contributed by atoms with Gasteiger partial charge < -0.3 is 15.4 Å². The Morgan fingerprint density at radius 1 is 1.22 bits per heavy atom. The summed E-state index contributed by atoms with van der Waals surface area (Å²) < 4.78 is 5.59. The van der Waals surface area contributed by atoms with Crippen molar-refractivity contribution >= 4 is 0 Å². The molecule has 4 unspecified atom stereocenters. The van der Waals surface area contributed by atoms with Gasteiger partial charge in [0.05, 0.1) is 6.10 Å². The molecular weight excluding hydrogens is 226 g/mol. The van der Waals surface area contributed by atoms with Gasteiger partial charge >= 0.3 is 0 Å². The second-order valence-corrected chi connectivity index (χ2v) is 6.29. The Morgan fingerprint density at radius 2 is 2.11 bits per heavy atom. The third-order valence-corrected chi connectivity index (χ3v) is 5.59. The molecule has 4 nitrogen and oxygen atoms in total. The van der Waals surface area contributed by atoms with Gasteiger partial charge in [-0.1, -0.05) is 0 Å². The normalized spacial score (nSPS) is 45.3. The zero-order chi connectivity index (χ0) is 12.6. The van der Waals surface area contributed by atoms with Gasteiger partial charge in [-0.05, 0) is 51.2 Å². The van der Waals surface area contributed by atoms with Crippen molar-refractivity contribution in [1.82, 2.24) is 9.80 Å². The molecule has 2 bridgehead atoms. The van der Waals surface area contributed by atoms with Crippen molar-refractivity contribution in [3.63, 3.8) is 0 Å². The van der Waals surface area contributed by atoms with Crippen LogP contribution in [0, 0.1) is 5.92 Å². The molecular formula is C14H27N3O. The number of nitrogens with two attached hydrogens (primary N) is 1. The Kier molecular flexibility index (Phi) is 3.63. The molecule has 104 valence electrons. The van der Waals surface area contributed by atoms with Crippen LogP contribution in [-0.4, -0.2) is 67.8 Å². The highest BCUT2D eigenvalue weighted by Crippen LogP contribution is 2.40. The van der Waals surface area contributed by atoms with Gasteiger partial charge in [0, 0.05) is 32.3 Å². The van der Waals surface area contributed by atoms with E-state index in [1.807, 2.05) is 7.11 Å². The fourth-order valence-corrected chi connectivity index (χ4v) is 4.38. The number of nitrogens with zero attached hydrogens (tertiary/aromatic N) is 2. The molecule has 0 aromatic carbocycles. The fourth-order valence-electron chi connectivity index (χ4n) is 4.38. The van der Waals surface area contributed by atoms with Gasteiger partial charge in [0.2, 0.25) is 0 Å². The summed E-state index contributed by atoms with van der Waals surface area (Å²) in [7, 11) is 1.85. The Balaban J connectivity index is 1.77. The van der Waals surface area contributed by atoms with Crippen LogP contribution in [0.25, 0.3) is 0 Å². The zero-order valence-corrected chi connectivity index (χ0v) is 11.6. The average Bonchev–Trinajstić information content (AvgIpc) is 2.84. The number of fused-ring (bicyclic) bond motifs is 2. The standard InChI is InChI=1S/C14H27N3O/c1-18-13-3-2-6-17(10-13)14(11-15)5-8-16-7-4-12(14)9-16/h12-13H,2-11,15H2,1H3. The van der Waals surface area contributed by atoms with Crippen molar-refractivity contribution in [2.24, 2.45) is 11.7 Å². The summed E-state index contributed by atoms with van der Waals surface area (Å²) in [6.07, 6.45) is 5.48. The third-order valence-electron chi connectivity index (χ3n) is 5.59. The second-order valence-electron chi connectivity index (χ2n) is 6.29. The number of hydrogen-bond acceptors (Lipinski definition) is 4. The number of hydrogen-bond donors (Lipinski definition) is 1. The second kappa shape index (κ2) is 5.08. The van der Waals surface area contributed by atoms with Crippen molar-refractivity contribution in [2.45, 2.75) is 37.3 Å². The van der Waals surface area contributed by atoms with E-state index in [0.29, 0.717) is 6.10 Å².